The van der Waals surface area contributed by atoms with Gasteiger partial charge in [0.05, 0.1) is 18.8 Å². The maximum atomic E-state index is 11.6. The van der Waals surface area contributed by atoms with Crippen LogP contribution < -0.4 is 9.47 Å². The van der Waals surface area contributed by atoms with Crippen LogP contribution in [0.1, 0.15) is 50.2 Å². The summed E-state index contributed by atoms with van der Waals surface area (Å²) in [7, 11) is 0. The number of hydrogen-bond acceptors (Lipinski definition) is 8. The molecule has 4 rings (SSSR count). The van der Waals surface area contributed by atoms with Crippen molar-refractivity contribution in [1.82, 2.24) is 14.9 Å². The third-order valence-corrected chi connectivity index (χ3v) is 6.88. The Labute approximate surface area is 207 Å². The maximum absolute atomic E-state index is 11.6. The number of nitrogens with zero attached hydrogens (tertiary/aromatic N) is 3. The van der Waals surface area contributed by atoms with Gasteiger partial charge in [0, 0.05) is 31.3 Å². The molecule has 1 N–H and O–H groups in total. The molecule has 0 aliphatic carbocycles. The van der Waals surface area contributed by atoms with Crippen molar-refractivity contribution in [3.8, 4) is 17.5 Å². The van der Waals surface area contributed by atoms with Gasteiger partial charge in [0.2, 0.25) is 11.8 Å². The van der Waals surface area contributed by atoms with E-state index in [1.165, 1.54) is 11.2 Å². The molecule has 0 saturated carbocycles. The smallest absolute Gasteiger partial charge is 0.407 e. The second-order valence-electron chi connectivity index (χ2n) is 9.27. The number of benzene rings is 1. The van der Waals surface area contributed by atoms with Gasteiger partial charge in [0.25, 0.3) is 0 Å². The Morgan fingerprint density at radius 3 is 2.54 bits per heavy atom. The largest absolute Gasteiger partial charge is 0.474 e. The van der Waals surface area contributed by atoms with E-state index >= 15 is 0 Å². The molecule has 35 heavy (non-hydrogen) atoms. The van der Waals surface area contributed by atoms with Gasteiger partial charge in [-0.15, -0.1) is 0 Å². The molecule has 2 aliphatic heterocycles. The van der Waals surface area contributed by atoms with Crippen molar-refractivity contribution in [3.05, 3.63) is 41.7 Å². The lowest BCUT2D eigenvalue weighted by atomic mass is 9.92. The van der Waals surface area contributed by atoms with Crippen molar-refractivity contribution in [3.63, 3.8) is 0 Å². The van der Waals surface area contributed by atoms with E-state index in [0.717, 1.165) is 12.0 Å². The predicted octanol–water partition coefficient (Wildman–Crippen LogP) is 4.22. The van der Waals surface area contributed by atoms with E-state index in [0.29, 0.717) is 61.6 Å². The quantitative estimate of drug-likeness (QED) is 0.589. The van der Waals surface area contributed by atoms with Crippen molar-refractivity contribution in [2.75, 3.05) is 19.8 Å². The van der Waals surface area contributed by atoms with Crippen LogP contribution >= 0.6 is 0 Å². The first-order valence-corrected chi connectivity index (χ1v) is 12.7. The van der Waals surface area contributed by atoms with Crippen LogP contribution in [0.25, 0.3) is 0 Å². The maximum Gasteiger partial charge on any atom is 0.407 e. The van der Waals surface area contributed by atoms with Crippen molar-refractivity contribution < 1.29 is 31.9 Å². The fourth-order valence-electron chi connectivity index (χ4n) is 4.41. The Balaban J connectivity index is 1.40. The van der Waals surface area contributed by atoms with E-state index in [1.54, 1.807) is 0 Å². The molecule has 190 valence electrons. The van der Waals surface area contributed by atoms with Crippen molar-refractivity contribution in [2.45, 2.75) is 58.1 Å². The minimum atomic E-state index is -1.66. The van der Waals surface area contributed by atoms with Crippen LogP contribution in [0.15, 0.2) is 30.6 Å². The molecule has 1 aromatic heterocycles. The summed E-state index contributed by atoms with van der Waals surface area (Å²) in [5, 5.41) is 9.54. The standard InChI is InChI=1S/C24H31N3O7S/c1-15(2)10-19-11-21(8-9-27(19)24(28)29)34-23-16(3)22(25-14-26-23)33-20-6-4-17(5-7-20)18-12-31-35(30)32-13-18/h4-7,14-15,18-19,21H,8-13H2,1-3H3,(H,28,29)/t18?,19-,21+,35?/m0/s1. The van der Waals surface area contributed by atoms with Gasteiger partial charge in [0.1, 0.15) is 18.2 Å². The number of aromatic nitrogens is 2. The van der Waals surface area contributed by atoms with E-state index in [2.05, 4.69) is 23.8 Å². The summed E-state index contributed by atoms with van der Waals surface area (Å²) >= 11 is -1.66. The van der Waals surface area contributed by atoms with Crippen molar-refractivity contribution in [1.29, 1.82) is 0 Å². The lowest BCUT2D eigenvalue weighted by Gasteiger charge is -2.38. The number of carbonyl (C=O) groups is 1. The Morgan fingerprint density at radius 2 is 1.89 bits per heavy atom. The Morgan fingerprint density at radius 1 is 1.20 bits per heavy atom. The third kappa shape index (κ3) is 6.47. The van der Waals surface area contributed by atoms with Crippen LogP contribution in [0, 0.1) is 12.8 Å². The van der Waals surface area contributed by atoms with Gasteiger partial charge in [-0.1, -0.05) is 26.0 Å². The van der Waals surface area contributed by atoms with Crippen LogP contribution in [-0.4, -0.2) is 62.2 Å². The highest BCUT2D eigenvalue weighted by atomic mass is 32.2. The number of likely N-dealkylation sites (tertiary alicyclic amines) is 1. The summed E-state index contributed by atoms with van der Waals surface area (Å²) in [6.07, 6.45) is 2.39. The highest BCUT2D eigenvalue weighted by Gasteiger charge is 2.33. The Kier molecular flexibility index (Phi) is 8.19. The number of ether oxygens (including phenoxy) is 2. The van der Waals surface area contributed by atoms with E-state index in [4.69, 9.17) is 17.8 Å². The van der Waals surface area contributed by atoms with Gasteiger partial charge in [-0.3, -0.25) is 8.37 Å². The monoisotopic (exact) mass is 505 g/mol. The average Bonchev–Trinajstić information content (AvgIpc) is 2.82. The summed E-state index contributed by atoms with van der Waals surface area (Å²) in [6, 6.07) is 7.42. The zero-order valence-corrected chi connectivity index (χ0v) is 20.9. The van der Waals surface area contributed by atoms with Crippen LogP contribution in [0.3, 0.4) is 0 Å². The molecule has 2 aromatic rings. The Bertz CT molecular complexity index is 1040. The zero-order chi connectivity index (χ0) is 24.9. The van der Waals surface area contributed by atoms with Gasteiger partial charge in [0.15, 0.2) is 0 Å². The molecule has 10 nitrogen and oxygen atoms in total. The van der Waals surface area contributed by atoms with E-state index < -0.39 is 17.5 Å². The molecule has 1 amide bonds. The molecule has 2 fully saturated rings. The van der Waals surface area contributed by atoms with Crippen LogP contribution in [0.4, 0.5) is 4.79 Å². The summed E-state index contributed by atoms with van der Waals surface area (Å²) < 4.78 is 33.5. The molecular formula is C24H31N3O7S. The fraction of sp³-hybridized carbons (Fsp3) is 0.542. The number of amides is 1. The molecule has 2 aliphatic rings. The van der Waals surface area contributed by atoms with Crippen LogP contribution in [0.5, 0.6) is 17.5 Å². The molecule has 2 saturated heterocycles. The number of hydrogen-bond donors (Lipinski definition) is 1. The normalized spacial score (nSPS) is 24.9. The number of rotatable bonds is 7. The first kappa shape index (κ1) is 25.3. The van der Waals surface area contributed by atoms with Gasteiger partial charge < -0.3 is 19.5 Å². The molecular weight excluding hydrogens is 474 g/mol. The van der Waals surface area contributed by atoms with Crippen molar-refractivity contribution in [2.24, 2.45) is 5.92 Å². The highest BCUT2D eigenvalue weighted by Crippen LogP contribution is 2.32. The van der Waals surface area contributed by atoms with Crippen LogP contribution in [-0.2, 0) is 19.7 Å². The van der Waals surface area contributed by atoms with Gasteiger partial charge in [-0.05, 0) is 37.0 Å². The van der Waals surface area contributed by atoms with E-state index in [9.17, 15) is 14.1 Å². The topological polar surface area (TPSA) is 120 Å². The summed E-state index contributed by atoms with van der Waals surface area (Å²) in [4.78, 5) is 21.7. The SMILES string of the molecule is Cc1c(Oc2ccc(C3COS(=O)OC3)cc2)ncnc1O[C@@H]1CCN(C(=O)O)[C@@H](CC(C)C)C1. The van der Waals surface area contributed by atoms with Gasteiger partial charge >= 0.3 is 17.5 Å². The minimum Gasteiger partial charge on any atom is -0.474 e. The molecule has 2 atom stereocenters. The second-order valence-corrected chi connectivity index (χ2v) is 10.2. The zero-order valence-electron chi connectivity index (χ0n) is 20.1. The first-order chi connectivity index (χ1) is 16.8. The summed E-state index contributed by atoms with van der Waals surface area (Å²) in [5.41, 5.74) is 1.68. The van der Waals surface area contributed by atoms with Gasteiger partial charge in [-0.2, -0.15) is 4.21 Å². The highest BCUT2D eigenvalue weighted by molar-refractivity contribution is 7.75. The molecule has 0 radical (unpaired) electrons. The average molecular weight is 506 g/mol. The minimum absolute atomic E-state index is 0.00889. The number of carboxylic acid groups (broad SMARTS) is 1. The molecule has 1 aromatic carbocycles. The van der Waals surface area contributed by atoms with E-state index in [-0.39, 0.29) is 18.1 Å². The van der Waals surface area contributed by atoms with Crippen molar-refractivity contribution >= 4 is 17.5 Å². The predicted molar refractivity (Wildman–Crippen MR) is 128 cm³/mol. The lowest BCUT2D eigenvalue weighted by molar-refractivity contribution is 0.0450. The molecule has 0 unspecified atom stereocenters. The first-order valence-electron chi connectivity index (χ1n) is 11.7. The summed E-state index contributed by atoms with van der Waals surface area (Å²) in [5.74, 6) is 1.83. The van der Waals surface area contributed by atoms with Gasteiger partial charge in [-0.25, -0.2) is 14.8 Å². The fourth-order valence-corrected chi connectivity index (χ4v) is 5.03. The molecule has 0 spiro atoms. The van der Waals surface area contributed by atoms with Crippen LogP contribution in [0.2, 0.25) is 0 Å². The molecule has 0 bridgehead atoms. The number of piperidine rings is 1. The molecule has 3 heterocycles. The molecule has 11 heteroatoms. The Hall–Kier alpha value is -2.76. The summed E-state index contributed by atoms with van der Waals surface area (Å²) in [6.45, 7) is 7.13. The third-order valence-electron chi connectivity index (χ3n) is 6.22. The second kappa shape index (κ2) is 11.3. The lowest BCUT2D eigenvalue weighted by Crippen LogP contribution is -2.48. The van der Waals surface area contributed by atoms with E-state index in [1.807, 2.05) is 31.2 Å².